The van der Waals surface area contributed by atoms with Gasteiger partial charge in [-0.05, 0) is 43.1 Å². The average Bonchev–Trinajstić information content (AvgIpc) is 3.08. The summed E-state index contributed by atoms with van der Waals surface area (Å²) in [5, 5.41) is 0. The van der Waals surface area contributed by atoms with Gasteiger partial charge < -0.3 is 15.2 Å². The Kier molecular flexibility index (Phi) is 3.59. The van der Waals surface area contributed by atoms with Crippen molar-refractivity contribution in [1.29, 1.82) is 0 Å². The third-order valence-electron chi connectivity index (χ3n) is 5.12. The molecular weight excluding hydrogens is 257 g/mol. The zero-order valence-corrected chi connectivity index (χ0v) is 12.1. The molecule has 3 nitrogen and oxygen atoms in total. The third kappa shape index (κ3) is 2.16. The van der Waals surface area contributed by atoms with Crippen LogP contribution in [0.25, 0.3) is 0 Å². The first kappa shape index (κ1) is 13.7. The molecule has 2 fully saturated rings. The summed E-state index contributed by atoms with van der Waals surface area (Å²) >= 11 is 0. The van der Waals surface area contributed by atoms with Crippen LogP contribution in [0.3, 0.4) is 0 Å². The largest absolute Gasteiger partial charge is 0.493 e. The lowest BCUT2D eigenvalue weighted by Crippen LogP contribution is -2.26. The van der Waals surface area contributed by atoms with Crippen molar-refractivity contribution in [3.63, 3.8) is 0 Å². The van der Waals surface area contributed by atoms with E-state index in [9.17, 15) is 4.39 Å². The molecule has 0 saturated heterocycles. The second-order valence-corrected chi connectivity index (χ2v) is 6.09. The summed E-state index contributed by atoms with van der Waals surface area (Å²) in [5.74, 6) is 2.54. The Morgan fingerprint density at radius 2 is 1.85 bits per heavy atom. The van der Waals surface area contributed by atoms with E-state index in [2.05, 4.69) is 0 Å². The first-order valence-electron chi connectivity index (χ1n) is 7.31. The maximum Gasteiger partial charge on any atom is 0.163 e. The highest BCUT2D eigenvalue weighted by Gasteiger charge is 2.43. The molecule has 0 heterocycles. The normalized spacial score (nSPS) is 29.5. The quantitative estimate of drug-likeness (QED) is 0.920. The third-order valence-corrected chi connectivity index (χ3v) is 5.12. The Labute approximate surface area is 119 Å². The van der Waals surface area contributed by atoms with E-state index in [4.69, 9.17) is 15.2 Å². The predicted molar refractivity (Wildman–Crippen MR) is 75.4 cm³/mol. The number of hydrogen-bond acceptors (Lipinski definition) is 3. The van der Waals surface area contributed by atoms with Crippen LogP contribution >= 0.6 is 0 Å². The van der Waals surface area contributed by atoms with Gasteiger partial charge in [-0.3, -0.25) is 0 Å². The molecule has 2 N–H and O–H groups in total. The van der Waals surface area contributed by atoms with Gasteiger partial charge in [-0.25, -0.2) is 4.39 Å². The minimum Gasteiger partial charge on any atom is -0.493 e. The van der Waals surface area contributed by atoms with Crippen molar-refractivity contribution >= 4 is 0 Å². The van der Waals surface area contributed by atoms with Crippen molar-refractivity contribution in [2.45, 2.75) is 31.7 Å². The smallest absolute Gasteiger partial charge is 0.163 e. The highest BCUT2D eigenvalue weighted by Crippen LogP contribution is 2.52. The number of hydrogen-bond donors (Lipinski definition) is 1. The Balaban J connectivity index is 1.89. The Morgan fingerprint density at radius 1 is 1.15 bits per heavy atom. The van der Waals surface area contributed by atoms with Crippen LogP contribution in [0.5, 0.6) is 11.5 Å². The minimum atomic E-state index is -0.294. The number of methoxy groups -OCH3 is 2. The monoisotopic (exact) mass is 279 g/mol. The lowest BCUT2D eigenvalue weighted by molar-refractivity contribution is 0.278. The standard InChI is InChI=1S/C16H22FNO2/c1-19-14-7-12(13(17)8-15(14)20-2)16(18)11-6-9-3-4-10(11)5-9/h7-11,16H,3-6,18H2,1-2H3. The summed E-state index contributed by atoms with van der Waals surface area (Å²) in [7, 11) is 3.06. The molecule has 0 spiro atoms. The summed E-state index contributed by atoms with van der Waals surface area (Å²) in [6, 6.07) is 2.83. The van der Waals surface area contributed by atoms with Gasteiger partial charge in [0.2, 0.25) is 0 Å². The molecule has 1 aromatic carbocycles. The second-order valence-electron chi connectivity index (χ2n) is 6.09. The molecule has 0 aliphatic heterocycles. The van der Waals surface area contributed by atoms with Gasteiger partial charge in [-0.15, -0.1) is 0 Å². The van der Waals surface area contributed by atoms with E-state index in [1.807, 2.05) is 0 Å². The molecule has 20 heavy (non-hydrogen) atoms. The van der Waals surface area contributed by atoms with E-state index >= 15 is 0 Å². The van der Waals surface area contributed by atoms with Gasteiger partial charge in [0.1, 0.15) is 5.82 Å². The molecule has 2 saturated carbocycles. The molecule has 2 bridgehead atoms. The maximum atomic E-state index is 14.3. The highest BCUT2D eigenvalue weighted by molar-refractivity contribution is 5.45. The second kappa shape index (κ2) is 5.24. The SMILES string of the molecule is COc1cc(F)c(C(N)C2CC3CCC2C3)cc1OC. The molecule has 4 unspecified atom stereocenters. The predicted octanol–water partition coefficient (Wildman–Crippen LogP) is 3.28. The molecule has 4 atom stereocenters. The van der Waals surface area contributed by atoms with E-state index in [0.717, 1.165) is 12.3 Å². The zero-order chi connectivity index (χ0) is 14.3. The van der Waals surface area contributed by atoms with Crippen LogP contribution in [0.1, 0.15) is 37.3 Å². The zero-order valence-electron chi connectivity index (χ0n) is 12.1. The topological polar surface area (TPSA) is 44.5 Å². The van der Waals surface area contributed by atoms with Crippen molar-refractivity contribution in [1.82, 2.24) is 0 Å². The van der Waals surface area contributed by atoms with Gasteiger partial charge in [0.15, 0.2) is 11.5 Å². The van der Waals surface area contributed by atoms with Crippen LogP contribution in [-0.2, 0) is 0 Å². The van der Waals surface area contributed by atoms with E-state index in [1.54, 1.807) is 13.2 Å². The fourth-order valence-corrected chi connectivity index (χ4v) is 4.09. The van der Waals surface area contributed by atoms with Crippen LogP contribution in [0.15, 0.2) is 12.1 Å². The Hall–Kier alpha value is -1.29. The summed E-state index contributed by atoms with van der Waals surface area (Å²) in [6.45, 7) is 0. The summed E-state index contributed by atoms with van der Waals surface area (Å²) < 4.78 is 24.7. The molecule has 4 heteroatoms. The van der Waals surface area contributed by atoms with Gasteiger partial charge in [-0.2, -0.15) is 0 Å². The van der Waals surface area contributed by atoms with Crippen LogP contribution in [0.4, 0.5) is 4.39 Å². The number of halogens is 1. The molecule has 1 aromatic rings. The molecule has 3 rings (SSSR count). The number of nitrogens with two attached hydrogens (primary N) is 1. The Morgan fingerprint density at radius 3 is 2.40 bits per heavy atom. The van der Waals surface area contributed by atoms with Crippen LogP contribution < -0.4 is 15.2 Å². The lowest BCUT2D eigenvalue weighted by Gasteiger charge is -2.28. The fourth-order valence-electron chi connectivity index (χ4n) is 4.09. The molecule has 110 valence electrons. The fraction of sp³-hybridized carbons (Fsp3) is 0.625. The van der Waals surface area contributed by atoms with E-state index in [-0.39, 0.29) is 11.9 Å². The van der Waals surface area contributed by atoms with Gasteiger partial charge in [-0.1, -0.05) is 6.42 Å². The van der Waals surface area contributed by atoms with Crippen molar-refractivity contribution in [2.24, 2.45) is 23.5 Å². The van der Waals surface area contributed by atoms with Gasteiger partial charge in [0, 0.05) is 17.7 Å². The van der Waals surface area contributed by atoms with Crippen LogP contribution in [-0.4, -0.2) is 14.2 Å². The van der Waals surface area contributed by atoms with Gasteiger partial charge in [0.05, 0.1) is 14.2 Å². The number of rotatable bonds is 4. The van der Waals surface area contributed by atoms with Crippen LogP contribution in [0.2, 0.25) is 0 Å². The molecule has 2 aliphatic carbocycles. The molecule has 2 aliphatic rings. The number of fused-ring (bicyclic) bond motifs is 2. The minimum absolute atomic E-state index is 0.245. The average molecular weight is 279 g/mol. The van der Waals surface area contributed by atoms with Crippen molar-refractivity contribution in [3.8, 4) is 11.5 Å². The summed E-state index contributed by atoms with van der Waals surface area (Å²) in [6.07, 6.45) is 4.98. The van der Waals surface area contributed by atoms with E-state index in [1.165, 1.54) is 32.4 Å². The van der Waals surface area contributed by atoms with E-state index in [0.29, 0.717) is 28.9 Å². The maximum absolute atomic E-state index is 14.3. The highest BCUT2D eigenvalue weighted by atomic mass is 19.1. The molecule has 0 radical (unpaired) electrons. The Bertz CT molecular complexity index is 505. The van der Waals surface area contributed by atoms with Crippen LogP contribution in [0, 0.1) is 23.6 Å². The first-order valence-corrected chi connectivity index (χ1v) is 7.31. The van der Waals surface area contributed by atoms with Gasteiger partial charge in [0.25, 0.3) is 0 Å². The van der Waals surface area contributed by atoms with Crippen molar-refractivity contribution in [2.75, 3.05) is 14.2 Å². The lowest BCUT2D eigenvalue weighted by atomic mass is 9.81. The van der Waals surface area contributed by atoms with E-state index < -0.39 is 0 Å². The number of benzene rings is 1. The summed E-state index contributed by atoms with van der Waals surface area (Å²) in [5.41, 5.74) is 6.92. The number of ether oxygens (including phenoxy) is 2. The van der Waals surface area contributed by atoms with Crippen molar-refractivity contribution in [3.05, 3.63) is 23.5 Å². The molecular formula is C16H22FNO2. The van der Waals surface area contributed by atoms with Crippen molar-refractivity contribution < 1.29 is 13.9 Å². The van der Waals surface area contributed by atoms with Gasteiger partial charge >= 0.3 is 0 Å². The molecule has 0 amide bonds. The summed E-state index contributed by atoms with van der Waals surface area (Å²) in [4.78, 5) is 0. The first-order chi connectivity index (χ1) is 9.63. The molecule has 0 aromatic heterocycles.